The predicted octanol–water partition coefficient (Wildman–Crippen LogP) is 2.38. The molecular formula is C15H16N4O3S. The van der Waals surface area contributed by atoms with Crippen molar-refractivity contribution in [3.8, 4) is 5.75 Å². The third kappa shape index (κ3) is 2.72. The number of sulfonamides is 1. The number of anilines is 1. The molecule has 0 aliphatic rings. The maximum absolute atomic E-state index is 12.7. The van der Waals surface area contributed by atoms with Gasteiger partial charge < -0.3 is 4.74 Å². The number of methoxy groups -OCH3 is 1. The highest BCUT2D eigenvalue weighted by Crippen LogP contribution is 2.30. The minimum Gasteiger partial charge on any atom is -0.497 e. The summed E-state index contributed by atoms with van der Waals surface area (Å²) in [5, 5.41) is 7.40. The Hall–Kier alpha value is -2.61. The van der Waals surface area contributed by atoms with Gasteiger partial charge in [-0.2, -0.15) is 5.10 Å². The number of aromatic amines is 1. The molecule has 2 N–H and O–H groups in total. The largest absolute Gasteiger partial charge is 0.497 e. The van der Waals surface area contributed by atoms with Crippen LogP contribution in [0.5, 0.6) is 5.75 Å². The fourth-order valence-electron chi connectivity index (χ4n) is 2.49. The summed E-state index contributed by atoms with van der Waals surface area (Å²) in [7, 11) is -2.26. The van der Waals surface area contributed by atoms with Crippen LogP contribution in [0.25, 0.3) is 10.9 Å². The zero-order valence-corrected chi connectivity index (χ0v) is 13.7. The lowest BCUT2D eigenvalue weighted by molar-refractivity contribution is 0.415. The number of ether oxygens (including phenoxy) is 1. The quantitative estimate of drug-likeness (QED) is 0.764. The minimum atomic E-state index is -3.79. The average Bonchev–Trinajstić information content (AvgIpc) is 2.86. The van der Waals surface area contributed by atoms with Gasteiger partial charge in [0.2, 0.25) is 0 Å². The first-order valence-corrected chi connectivity index (χ1v) is 8.38. The van der Waals surface area contributed by atoms with Crippen molar-refractivity contribution in [2.75, 3.05) is 11.8 Å². The van der Waals surface area contributed by atoms with Crippen LogP contribution in [0.3, 0.4) is 0 Å². The third-order valence-corrected chi connectivity index (χ3v) is 5.12. The fourth-order valence-corrected chi connectivity index (χ4v) is 3.92. The molecule has 3 rings (SSSR count). The van der Waals surface area contributed by atoms with Crippen LogP contribution in [0.2, 0.25) is 0 Å². The van der Waals surface area contributed by atoms with Crippen LogP contribution in [0.4, 0.5) is 5.69 Å². The number of hydrogen-bond acceptors (Lipinski definition) is 5. The summed E-state index contributed by atoms with van der Waals surface area (Å²) in [6.07, 6.45) is 1.61. The zero-order chi connectivity index (χ0) is 16.6. The van der Waals surface area contributed by atoms with Gasteiger partial charge in [0, 0.05) is 17.6 Å². The summed E-state index contributed by atoms with van der Waals surface area (Å²) < 4.78 is 33.2. The molecule has 0 unspecified atom stereocenters. The van der Waals surface area contributed by atoms with Gasteiger partial charge in [0.05, 0.1) is 29.7 Å². The number of benzene rings is 1. The Bertz CT molecular complexity index is 960. The lowest BCUT2D eigenvalue weighted by Gasteiger charge is -2.12. The highest BCUT2D eigenvalue weighted by Gasteiger charge is 2.23. The number of hydrogen-bond donors (Lipinski definition) is 2. The first kappa shape index (κ1) is 15.3. The van der Waals surface area contributed by atoms with Crippen LogP contribution in [-0.2, 0) is 10.0 Å². The molecule has 2 aromatic heterocycles. The monoisotopic (exact) mass is 332 g/mol. The second-order valence-corrected chi connectivity index (χ2v) is 6.74. The molecule has 120 valence electrons. The second kappa shape index (κ2) is 5.54. The van der Waals surface area contributed by atoms with E-state index >= 15 is 0 Å². The van der Waals surface area contributed by atoms with Gasteiger partial charge in [-0.15, -0.1) is 0 Å². The fraction of sp³-hybridized carbons (Fsp3) is 0.200. The van der Waals surface area contributed by atoms with Crippen LogP contribution in [0.1, 0.15) is 11.4 Å². The maximum Gasteiger partial charge on any atom is 0.265 e. The van der Waals surface area contributed by atoms with E-state index in [1.54, 1.807) is 38.2 Å². The molecule has 0 saturated carbocycles. The Morgan fingerprint density at radius 1 is 1.26 bits per heavy atom. The lowest BCUT2D eigenvalue weighted by atomic mass is 10.2. The molecule has 0 atom stereocenters. The molecule has 0 aliphatic carbocycles. The first-order chi connectivity index (χ1) is 10.9. The maximum atomic E-state index is 12.7. The summed E-state index contributed by atoms with van der Waals surface area (Å²) >= 11 is 0. The molecule has 1 aromatic carbocycles. The third-order valence-electron chi connectivity index (χ3n) is 3.49. The van der Waals surface area contributed by atoms with Crippen molar-refractivity contribution in [3.05, 3.63) is 41.9 Å². The van der Waals surface area contributed by atoms with Gasteiger partial charge in [0.15, 0.2) is 0 Å². The van der Waals surface area contributed by atoms with Gasteiger partial charge in [-0.05, 0) is 26.0 Å². The average molecular weight is 332 g/mol. The number of aryl methyl sites for hydroxylation is 2. The van der Waals surface area contributed by atoms with Crippen LogP contribution < -0.4 is 9.46 Å². The zero-order valence-electron chi connectivity index (χ0n) is 12.9. The van der Waals surface area contributed by atoms with Gasteiger partial charge in [-0.1, -0.05) is 6.07 Å². The molecule has 0 spiro atoms. The molecule has 7 nitrogen and oxygen atoms in total. The van der Waals surface area contributed by atoms with Gasteiger partial charge in [0.1, 0.15) is 10.6 Å². The Labute approximate surface area is 133 Å². The van der Waals surface area contributed by atoms with Gasteiger partial charge in [-0.25, -0.2) is 8.42 Å². The van der Waals surface area contributed by atoms with Crippen molar-refractivity contribution in [2.24, 2.45) is 0 Å². The number of H-pyrrole nitrogens is 1. The smallest absolute Gasteiger partial charge is 0.265 e. The molecule has 0 saturated heterocycles. The van der Waals surface area contributed by atoms with Crippen molar-refractivity contribution in [1.82, 2.24) is 15.2 Å². The van der Waals surface area contributed by atoms with Crippen molar-refractivity contribution < 1.29 is 13.2 Å². The molecule has 0 fully saturated rings. The van der Waals surface area contributed by atoms with Crippen LogP contribution in [0.15, 0.2) is 35.4 Å². The van der Waals surface area contributed by atoms with E-state index in [9.17, 15) is 8.42 Å². The molecule has 23 heavy (non-hydrogen) atoms. The van der Waals surface area contributed by atoms with E-state index in [0.717, 1.165) is 5.39 Å². The lowest BCUT2D eigenvalue weighted by Crippen LogP contribution is -2.15. The van der Waals surface area contributed by atoms with Gasteiger partial charge in [-0.3, -0.25) is 14.8 Å². The molecule has 2 heterocycles. The molecule has 0 radical (unpaired) electrons. The summed E-state index contributed by atoms with van der Waals surface area (Å²) in [5.74, 6) is 0.545. The standard InChI is InChI=1S/C15H16N4O3S/c1-9-15(10(2)18-17-9)23(20,21)19-13-8-12(22-3)7-11-5-4-6-16-14(11)13/h4-8,19H,1-3H3,(H,17,18). The predicted molar refractivity (Wildman–Crippen MR) is 87.2 cm³/mol. The molecule has 0 bridgehead atoms. The molecule has 3 aromatic rings. The Morgan fingerprint density at radius 2 is 2.04 bits per heavy atom. The molecule has 0 aliphatic heterocycles. The van der Waals surface area contributed by atoms with E-state index in [2.05, 4.69) is 19.9 Å². The number of pyridine rings is 1. The summed E-state index contributed by atoms with van der Waals surface area (Å²) in [4.78, 5) is 4.40. The van der Waals surface area contributed by atoms with E-state index in [-0.39, 0.29) is 4.90 Å². The number of nitrogens with zero attached hydrogens (tertiary/aromatic N) is 2. The van der Waals surface area contributed by atoms with Crippen molar-refractivity contribution >= 4 is 26.6 Å². The second-order valence-electron chi connectivity index (χ2n) is 5.12. The molecule has 0 amide bonds. The van der Waals surface area contributed by atoms with Crippen molar-refractivity contribution in [3.63, 3.8) is 0 Å². The normalized spacial score (nSPS) is 11.6. The number of fused-ring (bicyclic) bond motifs is 1. The highest BCUT2D eigenvalue weighted by atomic mass is 32.2. The Balaban J connectivity index is 2.14. The Morgan fingerprint density at radius 3 is 2.70 bits per heavy atom. The highest BCUT2D eigenvalue weighted by molar-refractivity contribution is 7.92. The number of nitrogens with one attached hydrogen (secondary N) is 2. The van der Waals surface area contributed by atoms with Crippen LogP contribution in [0, 0.1) is 13.8 Å². The topological polar surface area (TPSA) is 97.0 Å². The summed E-state index contributed by atoms with van der Waals surface area (Å²) in [6, 6.07) is 7.04. The van der Waals surface area contributed by atoms with Gasteiger partial charge >= 0.3 is 0 Å². The van der Waals surface area contributed by atoms with E-state index in [4.69, 9.17) is 4.74 Å². The Kier molecular flexibility index (Phi) is 3.69. The number of rotatable bonds is 4. The van der Waals surface area contributed by atoms with Crippen molar-refractivity contribution in [2.45, 2.75) is 18.7 Å². The van der Waals surface area contributed by atoms with Gasteiger partial charge in [0.25, 0.3) is 10.0 Å². The summed E-state index contributed by atoms with van der Waals surface area (Å²) in [5.41, 5.74) is 1.81. The van der Waals surface area contributed by atoms with Crippen molar-refractivity contribution in [1.29, 1.82) is 0 Å². The van der Waals surface area contributed by atoms with E-state index in [1.165, 1.54) is 7.11 Å². The SMILES string of the molecule is COc1cc(NS(=O)(=O)c2c(C)n[nH]c2C)c2ncccc2c1. The van der Waals surface area contributed by atoms with E-state index in [1.807, 2.05) is 6.07 Å². The number of aromatic nitrogens is 3. The van der Waals surface area contributed by atoms with E-state index in [0.29, 0.717) is 28.3 Å². The van der Waals surface area contributed by atoms with Crippen LogP contribution in [-0.4, -0.2) is 30.7 Å². The molecule has 8 heteroatoms. The van der Waals surface area contributed by atoms with Crippen LogP contribution >= 0.6 is 0 Å². The van der Waals surface area contributed by atoms with E-state index < -0.39 is 10.0 Å². The molecular weight excluding hydrogens is 316 g/mol. The summed E-state index contributed by atoms with van der Waals surface area (Å²) in [6.45, 7) is 3.30. The minimum absolute atomic E-state index is 0.143. The first-order valence-electron chi connectivity index (χ1n) is 6.89.